The molecule has 5 heteroatoms. The lowest BCUT2D eigenvalue weighted by molar-refractivity contribution is -0.125. The van der Waals surface area contributed by atoms with E-state index in [1.165, 1.54) is 7.11 Å². The van der Waals surface area contributed by atoms with Crippen LogP contribution in [0, 0.1) is 0 Å². The van der Waals surface area contributed by atoms with Gasteiger partial charge in [0.2, 0.25) is 0 Å². The highest BCUT2D eigenvalue weighted by Crippen LogP contribution is 2.17. The Balaban J connectivity index is 2.19. The van der Waals surface area contributed by atoms with Crippen molar-refractivity contribution in [1.29, 1.82) is 0 Å². The van der Waals surface area contributed by atoms with Crippen LogP contribution in [0.4, 0.5) is 5.69 Å². The Bertz CT molecular complexity index is 553. The van der Waals surface area contributed by atoms with Gasteiger partial charge < -0.3 is 15.8 Å². The van der Waals surface area contributed by atoms with E-state index in [2.05, 4.69) is 10.3 Å². The van der Waals surface area contributed by atoms with Crippen molar-refractivity contribution in [1.82, 2.24) is 4.98 Å². The first-order chi connectivity index (χ1) is 8.74. The molecule has 0 saturated carbocycles. The van der Waals surface area contributed by atoms with Gasteiger partial charge in [0.25, 0.3) is 5.91 Å². The van der Waals surface area contributed by atoms with E-state index in [0.717, 1.165) is 10.9 Å². The van der Waals surface area contributed by atoms with Crippen molar-refractivity contribution in [2.24, 2.45) is 5.73 Å². The summed E-state index contributed by atoms with van der Waals surface area (Å²) < 4.78 is 4.97. The number of pyridine rings is 1. The lowest BCUT2D eigenvalue weighted by Crippen LogP contribution is -2.35. The van der Waals surface area contributed by atoms with E-state index in [1.807, 2.05) is 24.3 Å². The summed E-state index contributed by atoms with van der Waals surface area (Å²) in [4.78, 5) is 16.0. The molecule has 0 radical (unpaired) electrons. The molecule has 94 valence electrons. The maximum atomic E-state index is 11.8. The van der Waals surface area contributed by atoms with E-state index in [9.17, 15) is 4.79 Å². The first kappa shape index (κ1) is 12.5. The molecule has 0 bridgehead atoms. The van der Waals surface area contributed by atoms with Gasteiger partial charge in [0.1, 0.15) is 6.10 Å². The van der Waals surface area contributed by atoms with Gasteiger partial charge in [0.05, 0.1) is 5.52 Å². The van der Waals surface area contributed by atoms with Gasteiger partial charge in [0.15, 0.2) is 0 Å². The van der Waals surface area contributed by atoms with E-state index >= 15 is 0 Å². The van der Waals surface area contributed by atoms with Crippen molar-refractivity contribution < 1.29 is 9.53 Å². The summed E-state index contributed by atoms with van der Waals surface area (Å²) in [6.07, 6.45) is 1.10. The smallest absolute Gasteiger partial charge is 0.254 e. The van der Waals surface area contributed by atoms with E-state index in [1.54, 1.807) is 12.3 Å². The summed E-state index contributed by atoms with van der Waals surface area (Å²) in [5.41, 5.74) is 7.02. The number of carbonyl (C=O) groups is 1. The summed E-state index contributed by atoms with van der Waals surface area (Å²) >= 11 is 0. The number of nitrogens with two attached hydrogens (primary N) is 1. The van der Waals surface area contributed by atoms with E-state index in [-0.39, 0.29) is 12.5 Å². The molecule has 18 heavy (non-hydrogen) atoms. The maximum Gasteiger partial charge on any atom is 0.254 e. The van der Waals surface area contributed by atoms with Crippen LogP contribution < -0.4 is 11.1 Å². The molecule has 1 heterocycles. The minimum Gasteiger partial charge on any atom is -0.370 e. The fourth-order valence-corrected chi connectivity index (χ4v) is 1.69. The van der Waals surface area contributed by atoms with Gasteiger partial charge in [-0.3, -0.25) is 9.78 Å². The largest absolute Gasteiger partial charge is 0.370 e. The summed E-state index contributed by atoms with van der Waals surface area (Å²) in [6, 6.07) is 9.32. The Morgan fingerprint density at radius 2 is 2.33 bits per heavy atom. The van der Waals surface area contributed by atoms with Gasteiger partial charge in [-0.05, 0) is 24.3 Å². The zero-order valence-corrected chi connectivity index (χ0v) is 10.1. The Morgan fingerprint density at radius 3 is 3.06 bits per heavy atom. The second kappa shape index (κ2) is 5.57. The predicted molar refractivity (Wildman–Crippen MR) is 70.2 cm³/mol. The maximum absolute atomic E-state index is 11.8. The number of rotatable bonds is 4. The van der Waals surface area contributed by atoms with Crippen LogP contribution in [0.1, 0.15) is 0 Å². The number of carbonyl (C=O) groups excluding carboxylic acids is 1. The molecule has 0 aliphatic rings. The molecular weight excluding hydrogens is 230 g/mol. The Kier molecular flexibility index (Phi) is 3.86. The number of hydrogen-bond donors (Lipinski definition) is 2. The first-order valence-corrected chi connectivity index (χ1v) is 5.63. The number of methoxy groups -OCH3 is 1. The summed E-state index contributed by atoms with van der Waals surface area (Å²) in [5.74, 6) is -0.247. The number of amides is 1. The van der Waals surface area contributed by atoms with Crippen molar-refractivity contribution in [3.05, 3.63) is 36.5 Å². The topological polar surface area (TPSA) is 77.2 Å². The van der Waals surface area contributed by atoms with Gasteiger partial charge >= 0.3 is 0 Å². The van der Waals surface area contributed by atoms with Crippen molar-refractivity contribution in [2.45, 2.75) is 6.10 Å². The molecule has 1 aromatic heterocycles. The number of anilines is 1. The first-order valence-electron chi connectivity index (χ1n) is 5.63. The molecule has 0 spiro atoms. The molecular formula is C13H15N3O2. The third-order valence-corrected chi connectivity index (χ3v) is 2.66. The molecule has 5 nitrogen and oxygen atoms in total. The van der Waals surface area contributed by atoms with Crippen molar-refractivity contribution in [3.8, 4) is 0 Å². The van der Waals surface area contributed by atoms with Crippen LogP contribution in [-0.2, 0) is 9.53 Å². The number of nitrogens with one attached hydrogen (secondary N) is 1. The molecule has 0 fully saturated rings. The van der Waals surface area contributed by atoms with Crippen LogP contribution >= 0.6 is 0 Å². The average molecular weight is 245 g/mol. The Morgan fingerprint density at radius 1 is 1.50 bits per heavy atom. The van der Waals surface area contributed by atoms with E-state index in [0.29, 0.717) is 5.69 Å². The molecule has 2 rings (SSSR count). The van der Waals surface area contributed by atoms with Crippen molar-refractivity contribution in [3.63, 3.8) is 0 Å². The molecule has 1 aromatic carbocycles. The fourth-order valence-electron chi connectivity index (χ4n) is 1.69. The van der Waals surface area contributed by atoms with Crippen LogP contribution in [0.25, 0.3) is 10.9 Å². The van der Waals surface area contributed by atoms with Crippen LogP contribution in [0.2, 0.25) is 0 Å². The van der Waals surface area contributed by atoms with Crippen LogP contribution in [0.3, 0.4) is 0 Å². The predicted octanol–water partition coefficient (Wildman–Crippen LogP) is 1.15. The highest BCUT2D eigenvalue weighted by atomic mass is 16.5. The number of benzene rings is 1. The number of nitrogens with zero attached hydrogens (tertiary/aromatic N) is 1. The quantitative estimate of drug-likeness (QED) is 0.847. The highest BCUT2D eigenvalue weighted by Gasteiger charge is 2.15. The van der Waals surface area contributed by atoms with Gasteiger partial charge in [-0.1, -0.05) is 6.07 Å². The molecule has 1 amide bonds. The third-order valence-electron chi connectivity index (χ3n) is 2.66. The number of aromatic nitrogens is 1. The monoisotopic (exact) mass is 245 g/mol. The number of hydrogen-bond acceptors (Lipinski definition) is 4. The molecule has 1 unspecified atom stereocenters. The molecule has 1 atom stereocenters. The van der Waals surface area contributed by atoms with Crippen LogP contribution in [-0.4, -0.2) is 30.6 Å². The van der Waals surface area contributed by atoms with Crippen molar-refractivity contribution >= 4 is 22.5 Å². The van der Waals surface area contributed by atoms with E-state index in [4.69, 9.17) is 10.5 Å². The average Bonchev–Trinajstić information content (AvgIpc) is 2.40. The Labute approximate surface area is 105 Å². The Hall–Kier alpha value is -1.98. The van der Waals surface area contributed by atoms with E-state index < -0.39 is 6.10 Å². The molecule has 0 aliphatic carbocycles. The summed E-state index contributed by atoms with van der Waals surface area (Å²) in [5, 5.41) is 3.73. The number of fused-ring (bicyclic) bond motifs is 1. The van der Waals surface area contributed by atoms with Gasteiger partial charge in [0, 0.05) is 30.9 Å². The zero-order valence-electron chi connectivity index (χ0n) is 10.1. The SMILES string of the molecule is COC(CN)C(=O)Nc1ccc2ncccc2c1. The second-order valence-corrected chi connectivity index (χ2v) is 3.86. The molecule has 2 aromatic rings. The molecule has 0 saturated heterocycles. The summed E-state index contributed by atoms with van der Waals surface area (Å²) in [7, 11) is 1.46. The lowest BCUT2D eigenvalue weighted by atomic mass is 10.2. The van der Waals surface area contributed by atoms with Gasteiger partial charge in [-0.2, -0.15) is 0 Å². The lowest BCUT2D eigenvalue weighted by Gasteiger charge is -2.13. The summed E-state index contributed by atoms with van der Waals surface area (Å²) in [6.45, 7) is 0.150. The molecule has 0 aliphatic heterocycles. The van der Waals surface area contributed by atoms with Gasteiger partial charge in [-0.25, -0.2) is 0 Å². The fraction of sp³-hybridized carbons (Fsp3) is 0.231. The normalized spacial score (nSPS) is 12.3. The van der Waals surface area contributed by atoms with Crippen LogP contribution in [0.15, 0.2) is 36.5 Å². The second-order valence-electron chi connectivity index (χ2n) is 3.86. The molecule has 3 N–H and O–H groups in total. The van der Waals surface area contributed by atoms with Gasteiger partial charge in [-0.15, -0.1) is 0 Å². The highest BCUT2D eigenvalue weighted by molar-refractivity contribution is 5.96. The third kappa shape index (κ3) is 2.64. The zero-order chi connectivity index (χ0) is 13.0. The van der Waals surface area contributed by atoms with Crippen LogP contribution in [0.5, 0.6) is 0 Å². The van der Waals surface area contributed by atoms with Crippen molar-refractivity contribution in [2.75, 3.05) is 19.0 Å². The minimum atomic E-state index is -0.630. The standard InChI is InChI=1S/C13H15N3O2/c1-18-12(8-14)13(17)16-10-4-5-11-9(7-10)3-2-6-15-11/h2-7,12H,8,14H2,1H3,(H,16,17). The minimum absolute atomic E-state index is 0.150. The number of ether oxygens (including phenoxy) is 1.